The number of hydrogen-bond donors (Lipinski definition) is 0. The van der Waals surface area contributed by atoms with E-state index in [-0.39, 0.29) is 5.92 Å². The minimum atomic E-state index is 0.249. The molecule has 4 heteroatoms. The van der Waals surface area contributed by atoms with Crippen molar-refractivity contribution in [1.29, 1.82) is 5.26 Å². The number of nitriles is 1. The van der Waals surface area contributed by atoms with Crippen molar-refractivity contribution < 1.29 is 0 Å². The van der Waals surface area contributed by atoms with Gasteiger partial charge in [0.1, 0.15) is 6.07 Å². The number of rotatable bonds is 2. The fourth-order valence-electron chi connectivity index (χ4n) is 1.82. The van der Waals surface area contributed by atoms with Crippen LogP contribution in [0.4, 0.5) is 0 Å². The Bertz CT molecular complexity index is 579. The normalized spacial score (nSPS) is 10.5. The van der Waals surface area contributed by atoms with Crippen LogP contribution in [-0.2, 0) is 0 Å². The first-order valence-corrected chi connectivity index (χ1v) is 6.17. The van der Waals surface area contributed by atoms with Gasteiger partial charge in [-0.2, -0.15) is 10.4 Å². The molecule has 0 fully saturated rings. The van der Waals surface area contributed by atoms with Crippen molar-refractivity contribution in [2.45, 2.75) is 19.8 Å². The second kappa shape index (κ2) is 4.72. The summed E-state index contributed by atoms with van der Waals surface area (Å²) in [5.41, 5.74) is 2.54. The predicted molar refractivity (Wildman–Crippen MR) is 70.1 cm³/mol. The van der Waals surface area contributed by atoms with E-state index in [0.29, 0.717) is 5.56 Å². The van der Waals surface area contributed by atoms with Crippen LogP contribution in [0, 0.1) is 11.3 Å². The Hall–Kier alpha value is -1.60. The lowest BCUT2D eigenvalue weighted by atomic mass is 10.1. The molecule has 0 amide bonds. The molecular weight excluding hydrogens is 278 g/mol. The van der Waals surface area contributed by atoms with E-state index in [1.807, 2.05) is 28.9 Å². The Morgan fingerprint density at radius 2 is 2.06 bits per heavy atom. The van der Waals surface area contributed by atoms with E-state index >= 15 is 0 Å². The molecule has 3 nitrogen and oxygen atoms in total. The molecule has 1 aromatic heterocycles. The van der Waals surface area contributed by atoms with Crippen LogP contribution in [0.2, 0.25) is 0 Å². The van der Waals surface area contributed by atoms with E-state index in [1.54, 1.807) is 6.20 Å². The smallest absolute Gasteiger partial charge is 0.103 e. The third-order valence-corrected chi connectivity index (χ3v) is 3.22. The van der Waals surface area contributed by atoms with Gasteiger partial charge in [0.2, 0.25) is 0 Å². The Balaban J connectivity index is 2.66. The van der Waals surface area contributed by atoms with E-state index in [0.717, 1.165) is 15.9 Å². The molecule has 2 aromatic rings. The SMILES string of the molecule is CC(C)c1c(C#N)cnn1-c1ccccc1Br. The van der Waals surface area contributed by atoms with E-state index in [2.05, 4.69) is 40.9 Å². The van der Waals surface area contributed by atoms with Gasteiger partial charge in [0.05, 0.1) is 23.1 Å². The van der Waals surface area contributed by atoms with Crippen LogP contribution >= 0.6 is 15.9 Å². The first kappa shape index (κ1) is 11.9. The van der Waals surface area contributed by atoms with Gasteiger partial charge in [0.25, 0.3) is 0 Å². The largest absolute Gasteiger partial charge is 0.235 e. The van der Waals surface area contributed by atoms with Gasteiger partial charge < -0.3 is 0 Å². The third-order valence-electron chi connectivity index (χ3n) is 2.55. The maximum absolute atomic E-state index is 9.08. The van der Waals surface area contributed by atoms with E-state index in [9.17, 15) is 0 Å². The molecule has 86 valence electrons. The average Bonchev–Trinajstić information content (AvgIpc) is 2.73. The molecule has 0 spiro atoms. The number of benzene rings is 1. The van der Waals surface area contributed by atoms with Crippen molar-refractivity contribution in [1.82, 2.24) is 9.78 Å². The van der Waals surface area contributed by atoms with Crippen molar-refractivity contribution in [3.8, 4) is 11.8 Å². The summed E-state index contributed by atoms with van der Waals surface area (Å²) in [5, 5.41) is 13.4. The molecule has 17 heavy (non-hydrogen) atoms. The number of para-hydroxylation sites is 1. The van der Waals surface area contributed by atoms with Crippen molar-refractivity contribution in [2.24, 2.45) is 0 Å². The molecule has 0 atom stereocenters. The molecule has 2 rings (SSSR count). The van der Waals surface area contributed by atoms with Crippen LogP contribution in [-0.4, -0.2) is 9.78 Å². The summed E-state index contributed by atoms with van der Waals surface area (Å²) in [7, 11) is 0. The summed E-state index contributed by atoms with van der Waals surface area (Å²) < 4.78 is 2.79. The highest BCUT2D eigenvalue weighted by Crippen LogP contribution is 2.26. The molecule has 0 aliphatic carbocycles. The molecule has 0 aliphatic heterocycles. The molecular formula is C13H12BrN3. The zero-order valence-corrected chi connectivity index (χ0v) is 11.3. The summed E-state index contributed by atoms with van der Waals surface area (Å²) in [6.07, 6.45) is 1.62. The van der Waals surface area contributed by atoms with Crippen molar-refractivity contribution >= 4 is 15.9 Å². The van der Waals surface area contributed by atoms with E-state index in [4.69, 9.17) is 5.26 Å². The monoisotopic (exact) mass is 289 g/mol. The van der Waals surface area contributed by atoms with Gasteiger partial charge in [0, 0.05) is 4.47 Å². The lowest BCUT2D eigenvalue weighted by Gasteiger charge is -2.12. The summed E-state index contributed by atoms with van der Waals surface area (Å²) in [6.45, 7) is 4.12. The van der Waals surface area contributed by atoms with Crippen LogP contribution in [0.1, 0.15) is 31.0 Å². The van der Waals surface area contributed by atoms with Crippen LogP contribution in [0.5, 0.6) is 0 Å². The third kappa shape index (κ3) is 2.11. The second-order valence-corrected chi connectivity index (χ2v) is 4.93. The lowest BCUT2D eigenvalue weighted by Crippen LogP contribution is -2.05. The Labute approximate surface area is 109 Å². The fourth-order valence-corrected chi connectivity index (χ4v) is 2.27. The van der Waals surface area contributed by atoms with Gasteiger partial charge in [-0.1, -0.05) is 26.0 Å². The Morgan fingerprint density at radius 3 is 2.65 bits per heavy atom. The summed E-state index contributed by atoms with van der Waals surface area (Å²) in [5.74, 6) is 0.249. The minimum Gasteiger partial charge on any atom is -0.235 e. The highest BCUT2D eigenvalue weighted by molar-refractivity contribution is 9.10. The standard InChI is InChI=1S/C13H12BrN3/c1-9(2)13-10(7-15)8-16-17(13)12-6-4-3-5-11(12)14/h3-6,8-9H,1-2H3. The molecule has 0 aliphatic rings. The number of hydrogen-bond acceptors (Lipinski definition) is 2. The number of nitrogens with zero attached hydrogens (tertiary/aromatic N) is 3. The van der Waals surface area contributed by atoms with Gasteiger partial charge in [-0.15, -0.1) is 0 Å². The second-order valence-electron chi connectivity index (χ2n) is 4.07. The van der Waals surface area contributed by atoms with E-state index < -0.39 is 0 Å². The van der Waals surface area contributed by atoms with Gasteiger partial charge in [-0.25, -0.2) is 4.68 Å². The molecule has 0 bridgehead atoms. The highest BCUT2D eigenvalue weighted by atomic mass is 79.9. The topological polar surface area (TPSA) is 41.6 Å². The maximum atomic E-state index is 9.08. The van der Waals surface area contributed by atoms with Crippen LogP contribution in [0.3, 0.4) is 0 Å². The molecule has 0 unspecified atom stereocenters. The van der Waals surface area contributed by atoms with Gasteiger partial charge in [-0.05, 0) is 34.0 Å². The predicted octanol–water partition coefficient (Wildman–Crippen LogP) is 3.63. The molecule has 0 saturated heterocycles. The maximum Gasteiger partial charge on any atom is 0.103 e. The summed E-state index contributed by atoms with van der Waals surface area (Å²) in [6, 6.07) is 10.0. The highest BCUT2D eigenvalue weighted by Gasteiger charge is 2.16. The molecule has 1 aromatic carbocycles. The van der Waals surface area contributed by atoms with Crippen molar-refractivity contribution in [3.63, 3.8) is 0 Å². The van der Waals surface area contributed by atoms with Crippen LogP contribution in [0.25, 0.3) is 5.69 Å². The van der Waals surface area contributed by atoms with Gasteiger partial charge in [0.15, 0.2) is 0 Å². The lowest BCUT2D eigenvalue weighted by molar-refractivity contribution is 0.731. The molecule has 0 saturated carbocycles. The molecule has 0 N–H and O–H groups in total. The summed E-state index contributed by atoms with van der Waals surface area (Å²) in [4.78, 5) is 0. The first-order valence-electron chi connectivity index (χ1n) is 5.38. The van der Waals surface area contributed by atoms with Crippen LogP contribution < -0.4 is 0 Å². The quantitative estimate of drug-likeness (QED) is 0.847. The zero-order chi connectivity index (χ0) is 12.4. The minimum absolute atomic E-state index is 0.249. The summed E-state index contributed by atoms with van der Waals surface area (Å²) >= 11 is 3.50. The van der Waals surface area contributed by atoms with Gasteiger partial charge in [-0.3, -0.25) is 0 Å². The van der Waals surface area contributed by atoms with Gasteiger partial charge >= 0.3 is 0 Å². The Morgan fingerprint density at radius 1 is 1.35 bits per heavy atom. The zero-order valence-electron chi connectivity index (χ0n) is 9.68. The number of aromatic nitrogens is 2. The average molecular weight is 290 g/mol. The molecule has 0 radical (unpaired) electrons. The number of halogens is 1. The molecule has 1 heterocycles. The first-order chi connectivity index (χ1) is 8.15. The Kier molecular flexibility index (Phi) is 3.30. The van der Waals surface area contributed by atoms with Crippen molar-refractivity contribution in [3.05, 3.63) is 46.2 Å². The van der Waals surface area contributed by atoms with Crippen LogP contribution in [0.15, 0.2) is 34.9 Å². The van der Waals surface area contributed by atoms with E-state index in [1.165, 1.54) is 0 Å². The fraction of sp³-hybridized carbons (Fsp3) is 0.231. The van der Waals surface area contributed by atoms with Crippen molar-refractivity contribution in [2.75, 3.05) is 0 Å².